The summed E-state index contributed by atoms with van der Waals surface area (Å²) in [5, 5.41) is 369. The van der Waals surface area contributed by atoms with E-state index in [4.69, 9.17) is 109 Å². The molecule has 0 saturated carbocycles. The van der Waals surface area contributed by atoms with Crippen LogP contribution in [-0.4, -0.2) is 621 Å². The number of carbonyl (C=O) groups excluding carboxylic acids is 4. The molecule has 12 rings (SSSR count). The van der Waals surface area contributed by atoms with Crippen molar-refractivity contribution >= 4 is 23.6 Å². The molecule has 12 heterocycles. The van der Waals surface area contributed by atoms with Crippen LogP contribution < -0.4 is 21.3 Å². The van der Waals surface area contributed by atoms with Crippen LogP contribution in [0.3, 0.4) is 0 Å². The van der Waals surface area contributed by atoms with E-state index in [0.717, 1.165) is 27.7 Å². The summed E-state index contributed by atoms with van der Waals surface area (Å²) < 4.78 is 139. The maximum atomic E-state index is 13.8. The smallest absolute Gasteiger partial charge is 0.217 e. The third kappa shape index (κ3) is 25.6. The van der Waals surface area contributed by atoms with Gasteiger partial charge >= 0.3 is 0 Å². The van der Waals surface area contributed by atoms with Gasteiger partial charge in [-0.3, -0.25) is 19.2 Å². The summed E-state index contributed by atoms with van der Waals surface area (Å²) >= 11 is 0. The van der Waals surface area contributed by atoms with Gasteiger partial charge in [0.25, 0.3) is 0 Å². The number of hydrogen-bond donors (Lipinski definition) is 36. The van der Waals surface area contributed by atoms with Gasteiger partial charge in [0.15, 0.2) is 75.5 Å². The van der Waals surface area contributed by atoms with Gasteiger partial charge in [-0.1, -0.05) is 0 Å². The van der Waals surface area contributed by atoms with E-state index in [1.165, 1.54) is 13.8 Å². The molecule has 12 saturated heterocycles. The Morgan fingerprint density at radius 1 is 0.196 bits per heavy atom. The first-order valence-electron chi connectivity index (χ1n) is 45.9. The number of hydrogen-bond acceptors (Lipinski definition) is 59. The Balaban J connectivity index is 0.847. The van der Waals surface area contributed by atoms with Crippen molar-refractivity contribution in [1.82, 2.24) is 21.3 Å². The Kier molecular flexibility index (Phi) is 41.8. The number of ether oxygens (including phenoxy) is 23. The SMILES string of the molecule is CC(=O)N[C@H]1[C@H](O[C@H]2[C@@H](O)[C@@H](CO[C@@H]3O[C@H](CO)[C@@H](O[C@@H]4O[C@H](CO)[C@H](O)[C@H](O[C@@H]5O[C@H](CO)[C@@H](O[C@@H]6O[C@H](CO)[C@H](O)[C@H](O[C@@H]7O[C@H](CO)[C@@H](O[C@@H]8O[C@H](CO)[C@H](O)[C@H](O)[C@H]8O)[C@H](O)[C@H]7NC(C)=O)[C@H]6O)[C@H](O[C@@H]6O[C@@H](C)[C@@H](O)[C@@H](O)[C@@H]6O)[C@H]5NC(C)=O)[C@H]4O)[C@H](O[C@@H]4O[C@@H](C)[C@@H](O)[C@@H](O)[C@@H]4O)[C@H]3NC(C)=O)O[C@@H](O[C@H]3[C@H](O)[C@@H](O)C(O)O[C@@H]3CO)[C@@H]2O)O[C@H](CO)[C@@H](O[C@@H]2O[C@H](CO)[C@H](O)[C@H](O)[C@H]2O)[C@@H]1O. The Morgan fingerprint density at radius 3 is 0.748 bits per heavy atom. The fourth-order valence-corrected chi connectivity index (χ4v) is 18.8. The molecular formula is C80H134N4O59. The standard InChI is InChI=1S/C80H134N4O59/c1-17-37(98)46(107)52(113)74(122-17)139-64-35(83-21(5)96)70(121-16-32-43(104)68(58(119)80(133-32)136-61-27(11-89)124-69(120)51(112)50(61)111)142-72-34(82-20(4)95)45(106)60(29(13-91)131-72)135-77-55(116)49(110)40(101)24(8-86)126-77)129-30(14-92)62(64)137-79-57(118)67(42(103)26(10-88)128-79)143-73-36(84-22(6)97)65(140-75-53(114)47(108)38(99)18(2)123-75)63(31(15-93)132-73)138-78-56(117)66(41(102)25(9-87)127-78)141-71-33(81-19(3)94)44(105)59(28(12-90)130-71)134-76-54(115)48(109)39(100)23(7-85)125-76/h17-18,23-80,85-93,98-120H,7-16H2,1-6H3,(H,81,94)(H,82,95)(H,83,96)(H,84,97)/t17-,18-,23+,24+,25+,26+,27+,28+,29+,30+,31+,32+,33+,34+,35+,36+,37+,38+,39-,40-,41-,42-,43-,44+,45+,46+,47+,48-,49-,50+,51+,52-,53-,54+,55+,56+,57+,58+,59+,60+,61+,62+,63+,64+,65+,66-,67-,68-,69?,70+,71-,72-,73-,74-,75-,76-,77-,78-,79-,80-/m0/s1. The maximum absolute atomic E-state index is 13.8. The van der Waals surface area contributed by atoms with Gasteiger partial charge in [0, 0.05) is 27.7 Å². The fraction of sp³-hybridized carbons (Fsp3) is 0.950. The van der Waals surface area contributed by atoms with Crippen LogP contribution in [0, 0.1) is 0 Å². The lowest BCUT2D eigenvalue weighted by molar-refractivity contribution is -0.399. The highest BCUT2D eigenvalue weighted by atomic mass is 16.8. The van der Waals surface area contributed by atoms with Crippen molar-refractivity contribution < 1.29 is 292 Å². The van der Waals surface area contributed by atoms with E-state index >= 15 is 0 Å². The Bertz CT molecular complexity index is 3960. The minimum Gasteiger partial charge on any atom is -0.394 e. The molecule has 60 atom stereocenters. The Hall–Kier alpha value is -4.32. The molecule has 12 aliphatic rings. The van der Waals surface area contributed by atoms with Crippen LogP contribution >= 0.6 is 0 Å². The predicted molar refractivity (Wildman–Crippen MR) is 439 cm³/mol. The highest BCUT2D eigenvalue weighted by Gasteiger charge is 2.64. The molecule has 12 aliphatic heterocycles. The van der Waals surface area contributed by atoms with E-state index in [-0.39, 0.29) is 0 Å². The van der Waals surface area contributed by atoms with Gasteiger partial charge in [-0.2, -0.15) is 0 Å². The molecule has 63 nitrogen and oxygen atoms in total. The molecule has 0 bridgehead atoms. The van der Waals surface area contributed by atoms with E-state index in [9.17, 15) is 183 Å². The summed E-state index contributed by atoms with van der Waals surface area (Å²) in [5.74, 6) is -4.06. The average molecular weight is 2100 g/mol. The van der Waals surface area contributed by atoms with E-state index in [0.29, 0.717) is 0 Å². The van der Waals surface area contributed by atoms with Gasteiger partial charge in [-0.05, 0) is 13.8 Å². The van der Waals surface area contributed by atoms with Crippen LogP contribution in [0.4, 0.5) is 0 Å². The molecule has 0 aromatic heterocycles. The van der Waals surface area contributed by atoms with Gasteiger partial charge in [0.2, 0.25) is 23.6 Å². The lowest BCUT2D eigenvalue weighted by Crippen LogP contribution is -2.72. The topological polar surface area (TPSA) is 976 Å². The Labute approximate surface area is 809 Å². The van der Waals surface area contributed by atoms with Crippen molar-refractivity contribution in [3.63, 3.8) is 0 Å². The molecule has 1 unspecified atom stereocenters. The minimum absolute atomic E-state index is 0.877. The second-order valence-corrected chi connectivity index (χ2v) is 36.6. The van der Waals surface area contributed by atoms with Crippen LogP contribution in [0.2, 0.25) is 0 Å². The van der Waals surface area contributed by atoms with Crippen molar-refractivity contribution in [1.29, 1.82) is 0 Å². The van der Waals surface area contributed by atoms with Gasteiger partial charge < -0.3 is 294 Å². The highest BCUT2D eigenvalue weighted by molar-refractivity contribution is 5.74. The molecule has 0 radical (unpaired) electrons. The van der Waals surface area contributed by atoms with Crippen molar-refractivity contribution in [3.8, 4) is 0 Å². The van der Waals surface area contributed by atoms with Gasteiger partial charge in [-0.15, -0.1) is 0 Å². The zero-order valence-electron chi connectivity index (χ0n) is 77.0. The lowest BCUT2D eigenvalue weighted by Gasteiger charge is -2.52. The maximum Gasteiger partial charge on any atom is 0.217 e. The molecule has 0 aromatic carbocycles. The summed E-state index contributed by atoms with van der Waals surface area (Å²) in [6.07, 6.45) is -119. The van der Waals surface area contributed by atoms with Gasteiger partial charge in [-0.25, -0.2) is 0 Å². The van der Waals surface area contributed by atoms with E-state index in [1.807, 2.05) is 0 Å². The first-order chi connectivity index (χ1) is 67.6. The number of rotatable bonds is 36. The average Bonchev–Trinajstić information content (AvgIpc) is 0.757. The summed E-state index contributed by atoms with van der Waals surface area (Å²) in [7, 11) is 0. The van der Waals surface area contributed by atoms with E-state index in [2.05, 4.69) is 21.3 Å². The molecule has 828 valence electrons. The molecule has 4 amide bonds. The number of aliphatic hydroxyl groups excluding tert-OH is 32. The largest absolute Gasteiger partial charge is 0.394 e. The molecule has 143 heavy (non-hydrogen) atoms. The minimum atomic E-state index is -2.61. The monoisotopic (exact) mass is 2090 g/mol. The molecule has 12 fully saturated rings. The third-order valence-corrected chi connectivity index (χ3v) is 26.6. The Morgan fingerprint density at radius 2 is 0.420 bits per heavy atom. The fourth-order valence-electron chi connectivity index (χ4n) is 18.8. The van der Waals surface area contributed by atoms with Gasteiger partial charge in [0.1, 0.15) is 281 Å². The van der Waals surface area contributed by atoms with Crippen LogP contribution in [0.1, 0.15) is 41.5 Å². The molecule has 0 aliphatic carbocycles. The van der Waals surface area contributed by atoms with Crippen molar-refractivity contribution in [2.75, 3.05) is 66.1 Å². The molecule has 36 N–H and O–H groups in total. The van der Waals surface area contributed by atoms with Crippen LogP contribution in [0.25, 0.3) is 0 Å². The first-order valence-corrected chi connectivity index (χ1v) is 45.9. The molecular weight excluding hydrogens is 1960 g/mol. The summed E-state index contributed by atoms with van der Waals surface area (Å²) in [4.78, 5) is 53.6. The van der Waals surface area contributed by atoms with Crippen LogP contribution in [0.15, 0.2) is 0 Å². The zero-order chi connectivity index (χ0) is 105. The molecule has 63 heteroatoms. The predicted octanol–water partition coefficient (Wildman–Crippen LogP) is -24.5. The summed E-state index contributed by atoms with van der Waals surface area (Å²) in [6.45, 7) is -5.69. The second-order valence-electron chi connectivity index (χ2n) is 36.6. The summed E-state index contributed by atoms with van der Waals surface area (Å²) in [6, 6.07) is -8.13. The number of amides is 4. The highest BCUT2D eigenvalue weighted by Crippen LogP contribution is 2.43. The van der Waals surface area contributed by atoms with Crippen molar-refractivity contribution in [2.24, 2.45) is 0 Å². The third-order valence-electron chi connectivity index (χ3n) is 26.6. The first kappa shape index (κ1) is 117. The van der Waals surface area contributed by atoms with E-state index in [1.54, 1.807) is 0 Å². The summed E-state index contributed by atoms with van der Waals surface area (Å²) in [5.41, 5.74) is 0. The number of carbonyl (C=O) groups is 4. The van der Waals surface area contributed by atoms with Crippen LogP contribution in [-0.2, 0) is 128 Å². The second kappa shape index (κ2) is 51.0. The van der Waals surface area contributed by atoms with E-state index < -0.39 is 458 Å². The lowest BCUT2D eigenvalue weighted by atomic mass is 9.93. The van der Waals surface area contributed by atoms with Crippen LogP contribution in [0.5, 0.6) is 0 Å². The van der Waals surface area contributed by atoms with Gasteiger partial charge in [0.05, 0.1) is 78.3 Å². The number of nitrogens with one attached hydrogen (secondary N) is 4. The van der Waals surface area contributed by atoms with Crippen molar-refractivity contribution in [2.45, 2.75) is 410 Å². The molecule has 0 spiro atoms. The normalized spacial score (nSPS) is 50.7. The van der Waals surface area contributed by atoms with Crippen molar-refractivity contribution in [3.05, 3.63) is 0 Å². The number of aliphatic hydroxyl groups is 32. The zero-order valence-corrected chi connectivity index (χ0v) is 77.0. The molecule has 0 aromatic rings. The quantitative estimate of drug-likeness (QED) is 0.0277.